The van der Waals surface area contributed by atoms with Crippen LogP contribution in [-0.2, 0) is 13.0 Å². The molecule has 19 heavy (non-hydrogen) atoms. The van der Waals surface area contributed by atoms with Crippen LogP contribution in [0.15, 0.2) is 36.8 Å². The zero-order valence-electron chi connectivity index (χ0n) is 11.7. The van der Waals surface area contributed by atoms with E-state index < -0.39 is 0 Å². The molecule has 0 bridgehead atoms. The Balaban J connectivity index is 1.72. The molecular formula is C15H22N4. The van der Waals surface area contributed by atoms with Gasteiger partial charge in [-0.05, 0) is 44.0 Å². The Hall–Kier alpha value is -1.68. The number of pyridine rings is 1. The number of hydrogen-bond acceptors (Lipinski definition) is 3. The Kier molecular flexibility index (Phi) is 5.10. The van der Waals surface area contributed by atoms with Crippen LogP contribution in [0.1, 0.15) is 37.6 Å². The van der Waals surface area contributed by atoms with Gasteiger partial charge in [-0.15, -0.1) is 0 Å². The van der Waals surface area contributed by atoms with E-state index in [1.807, 2.05) is 16.9 Å². The van der Waals surface area contributed by atoms with E-state index >= 15 is 0 Å². The Bertz CT molecular complexity index is 478. The normalized spacial score (nSPS) is 12.5. The van der Waals surface area contributed by atoms with Crippen LogP contribution in [0.3, 0.4) is 0 Å². The summed E-state index contributed by atoms with van der Waals surface area (Å²) in [5, 5.41) is 7.98. The molecule has 102 valence electrons. The molecular weight excluding hydrogens is 236 g/mol. The molecule has 0 amide bonds. The monoisotopic (exact) mass is 258 g/mol. The van der Waals surface area contributed by atoms with E-state index in [4.69, 9.17) is 0 Å². The third-order valence-corrected chi connectivity index (χ3v) is 3.33. The summed E-state index contributed by atoms with van der Waals surface area (Å²) in [7, 11) is 0. The topological polar surface area (TPSA) is 42.7 Å². The van der Waals surface area contributed by atoms with Crippen LogP contribution in [0.25, 0.3) is 0 Å². The van der Waals surface area contributed by atoms with Gasteiger partial charge >= 0.3 is 0 Å². The second-order valence-corrected chi connectivity index (χ2v) is 4.83. The molecule has 0 saturated carbocycles. The Morgan fingerprint density at radius 1 is 1.37 bits per heavy atom. The van der Waals surface area contributed by atoms with E-state index in [0.29, 0.717) is 6.04 Å². The van der Waals surface area contributed by atoms with E-state index in [1.165, 1.54) is 5.56 Å². The minimum atomic E-state index is 0.476. The highest BCUT2D eigenvalue weighted by atomic mass is 15.3. The van der Waals surface area contributed by atoms with Gasteiger partial charge in [0.2, 0.25) is 0 Å². The molecule has 0 saturated heterocycles. The number of aromatic nitrogens is 3. The lowest BCUT2D eigenvalue weighted by Crippen LogP contribution is -2.17. The SMILES string of the molecule is CCC(C)n1ccc(CNCCc2cccnc2)n1. The maximum absolute atomic E-state index is 4.57. The molecule has 0 spiro atoms. The van der Waals surface area contributed by atoms with Crippen molar-refractivity contribution in [3.05, 3.63) is 48.0 Å². The number of nitrogens with zero attached hydrogens (tertiary/aromatic N) is 3. The smallest absolute Gasteiger partial charge is 0.0762 e. The average molecular weight is 258 g/mol. The highest BCUT2D eigenvalue weighted by Crippen LogP contribution is 2.08. The number of nitrogens with one attached hydrogen (secondary N) is 1. The first-order chi connectivity index (χ1) is 9.29. The van der Waals surface area contributed by atoms with E-state index in [1.54, 1.807) is 6.20 Å². The van der Waals surface area contributed by atoms with Gasteiger partial charge in [0.15, 0.2) is 0 Å². The minimum Gasteiger partial charge on any atom is -0.311 e. The van der Waals surface area contributed by atoms with Crippen molar-refractivity contribution >= 4 is 0 Å². The lowest BCUT2D eigenvalue weighted by atomic mass is 10.2. The van der Waals surface area contributed by atoms with Gasteiger partial charge in [-0.3, -0.25) is 9.67 Å². The molecule has 2 rings (SSSR count). The van der Waals surface area contributed by atoms with Gasteiger partial charge in [0.25, 0.3) is 0 Å². The average Bonchev–Trinajstić information content (AvgIpc) is 2.93. The highest BCUT2D eigenvalue weighted by molar-refractivity contribution is 5.08. The summed E-state index contributed by atoms with van der Waals surface area (Å²) in [6, 6.07) is 6.64. The van der Waals surface area contributed by atoms with Crippen LogP contribution in [-0.4, -0.2) is 21.3 Å². The predicted octanol–water partition coefficient (Wildman–Crippen LogP) is 2.58. The summed E-state index contributed by atoms with van der Waals surface area (Å²) in [4.78, 5) is 4.11. The zero-order valence-corrected chi connectivity index (χ0v) is 11.7. The van der Waals surface area contributed by atoms with E-state index in [2.05, 4.69) is 47.6 Å². The van der Waals surface area contributed by atoms with Crippen molar-refractivity contribution in [1.29, 1.82) is 0 Å². The first-order valence-electron chi connectivity index (χ1n) is 6.93. The van der Waals surface area contributed by atoms with Crippen LogP contribution in [0.2, 0.25) is 0 Å². The fourth-order valence-corrected chi connectivity index (χ4v) is 1.90. The third kappa shape index (κ3) is 4.17. The van der Waals surface area contributed by atoms with Crippen molar-refractivity contribution in [2.45, 2.75) is 39.3 Å². The van der Waals surface area contributed by atoms with Crippen molar-refractivity contribution < 1.29 is 0 Å². The molecule has 2 heterocycles. The second kappa shape index (κ2) is 7.04. The molecule has 0 fully saturated rings. The van der Waals surface area contributed by atoms with Crippen molar-refractivity contribution in [3.63, 3.8) is 0 Å². The fourth-order valence-electron chi connectivity index (χ4n) is 1.90. The third-order valence-electron chi connectivity index (χ3n) is 3.33. The van der Waals surface area contributed by atoms with E-state index in [0.717, 1.165) is 31.6 Å². The molecule has 0 aliphatic rings. The molecule has 1 atom stereocenters. The van der Waals surface area contributed by atoms with Gasteiger partial charge < -0.3 is 5.32 Å². The molecule has 0 radical (unpaired) electrons. The first-order valence-corrected chi connectivity index (χ1v) is 6.93. The molecule has 2 aromatic rings. The van der Waals surface area contributed by atoms with Crippen molar-refractivity contribution in [3.8, 4) is 0 Å². The molecule has 1 N–H and O–H groups in total. The van der Waals surface area contributed by atoms with Crippen LogP contribution >= 0.6 is 0 Å². The molecule has 1 unspecified atom stereocenters. The van der Waals surface area contributed by atoms with Gasteiger partial charge in [0.05, 0.1) is 5.69 Å². The van der Waals surface area contributed by atoms with Crippen molar-refractivity contribution in [2.24, 2.45) is 0 Å². The van der Waals surface area contributed by atoms with E-state index in [-0.39, 0.29) is 0 Å². The van der Waals surface area contributed by atoms with Gasteiger partial charge in [-0.25, -0.2) is 0 Å². The van der Waals surface area contributed by atoms with Crippen LogP contribution < -0.4 is 5.32 Å². The van der Waals surface area contributed by atoms with Gasteiger partial charge in [0, 0.05) is 31.2 Å². The number of rotatable bonds is 7. The molecule has 0 aliphatic heterocycles. The summed E-state index contributed by atoms with van der Waals surface area (Å²) in [6.07, 6.45) is 7.89. The molecule has 2 aromatic heterocycles. The van der Waals surface area contributed by atoms with E-state index in [9.17, 15) is 0 Å². The lowest BCUT2D eigenvalue weighted by molar-refractivity contribution is 0.471. The minimum absolute atomic E-state index is 0.476. The van der Waals surface area contributed by atoms with Gasteiger partial charge in [-0.1, -0.05) is 13.0 Å². The predicted molar refractivity (Wildman–Crippen MR) is 76.9 cm³/mol. The summed E-state index contributed by atoms with van der Waals surface area (Å²) in [6.45, 7) is 6.14. The van der Waals surface area contributed by atoms with Crippen LogP contribution in [0.5, 0.6) is 0 Å². The highest BCUT2D eigenvalue weighted by Gasteiger charge is 2.03. The lowest BCUT2D eigenvalue weighted by Gasteiger charge is -2.08. The van der Waals surface area contributed by atoms with Crippen LogP contribution in [0, 0.1) is 0 Å². The Labute approximate surface area is 114 Å². The van der Waals surface area contributed by atoms with Gasteiger partial charge in [0.1, 0.15) is 0 Å². The van der Waals surface area contributed by atoms with Gasteiger partial charge in [-0.2, -0.15) is 5.10 Å². The first kappa shape index (κ1) is 13.7. The summed E-state index contributed by atoms with van der Waals surface area (Å²) < 4.78 is 2.04. The molecule has 4 heteroatoms. The molecule has 0 aromatic carbocycles. The fraction of sp³-hybridized carbons (Fsp3) is 0.467. The van der Waals surface area contributed by atoms with Crippen LogP contribution in [0.4, 0.5) is 0 Å². The molecule has 4 nitrogen and oxygen atoms in total. The Morgan fingerprint density at radius 2 is 2.26 bits per heavy atom. The summed E-state index contributed by atoms with van der Waals surface area (Å²) in [5.41, 5.74) is 2.37. The Morgan fingerprint density at radius 3 is 3.00 bits per heavy atom. The summed E-state index contributed by atoms with van der Waals surface area (Å²) in [5.74, 6) is 0. The largest absolute Gasteiger partial charge is 0.311 e. The second-order valence-electron chi connectivity index (χ2n) is 4.83. The molecule has 0 aliphatic carbocycles. The quantitative estimate of drug-likeness (QED) is 0.776. The van der Waals surface area contributed by atoms with Crippen molar-refractivity contribution in [1.82, 2.24) is 20.1 Å². The number of hydrogen-bond donors (Lipinski definition) is 1. The standard InChI is InChI=1S/C15H22N4/c1-3-13(2)19-10-7-15(18-19)12-17-9-6-14-5-4-8-16-11-14/h4-5,7-8,10-11,13,17H,3,6,9,12H2,1-2H3. The maximum Gasteiger partial charge on any atom is 0.0762 e. The maximum atomic E-state index is 4.57. The van der Waals surface area contributed by atoms with Crippen molar-refractivity contribution in [2.75, 3.05) is 6.54 Å². The zero-order chi connectivity index (χ0) is 13.5. The summed E-state index contributed by atoms with van der Waals surface area (Å²) >= 11 is 0.